The third-order valence-electron chi connectivity index (χ3n) is 1.30. The average molecular weight is 213 g/mol. The molecule has 2 N–H and O–H groups in total. The Labute approximate surface area is 84.3 Å². The van der Waals surface area contributed by atoms with E-state index in [1.165, 1.54) is 0 Å². The molecule has 6 heteroatoms. The quantitative estimate of drug-likeness (QED) is 0.590. The number of benzene rings is 1. The van der Waals surface area contributed by atoms with Crippen LogP contribution in [0.5, 0.6) is 0 Å². The Kier molecular flexibility index (Phi) is 3.81. The summed E-state index contributed by atoms with van der Waals surface area (Å²) in [6, 6.07) is 6.71. The Morgan fingerprint density at radius 3 is 2.86 bits per heavy atom. The molecular weight excluding hydrogens is 206 g/mol. The molecule has 0 aliphatic carbocycles. The van der Waals surface area contributed by atoms with Gasteiger partial charge in [-0.2, -0.15) is 0 Å². The second-order valence-electron chi connectivity index (χ2n) is 2.19. The summed E-state index contributed by atoms with van der Waals surface area (Å²) in [6.45, 7) is 0. The highest BCUT2D eigenvalue weighted by atomic mass is 32.2. The van der Waals surface area contributed by atoms with Gasteiger partial charge in [0, 0.05) is 0 Å². The van der Waals surface area contributed by atoms with E-state index in [-0.39, 0.29) is 0 Å². The Hall–Kier alpha value is -1.69. The number of hydrogen-bond acceptors (Lipinski definition) is 4. The van der Waals surface area contributed by atoms with Gasteiger partial charge in [0.05, 0.1) is 10.6 Å². The molecule has 0 saturated heterocycles. The molecule has 0 aromatic heterocycles. The first-order chi connectivity index (χ1) is 6.74. The fraction of sp³-hybridized carbons (Fsp3) is 0. The summed E-state index contributed by atoms with van der Waals surface area (Å²) in [5, 5.41) is 10.7. The van der Waals surface area contributed by atoms with E-state index in [1.807, 2.05) is 0 Å². The predicted molar refractivity (Wildman–Crippen MR) is 51.1 cm³/mol. The summed E-state index contributed by atoms with van der Waals surface area (Å²) in [6.07, 6.45) is -0.865. The van der Waals surface area contributed by atoms with Gasteiger partial charge in [-0.25, -0.2) is 4.79 Å². The number of hydrogen-bond donors (Lipinski definition) is 2. The average Bonchev–Trinajstić information content (AvgIpc) is 2.17. The van der Waals surface area contributed by atoms with Crippen molar-refractivity contribution < 1.29 is 18.9 Å². The van der Waals surface area contributed by atoms with Crippen molar-refractivity contribution >= 4 is 30.3 Å². The zero-order valence-electron chi connectivity index (χ0n) is 6.97. The molecular formula is C8H7NO4S. The van der Waals surface area contributed by atoms with Gasteiger partial charge in [-0.05, 0) is 12.1 Å². The van der Waals surface area contributed by atoms with Gasteiger partial charge in [0.25, 0.3) is 0 Å². The van der Waals surface area contributed by atoms with Crippen LogP contribution < -0.4 is 5.32 Å². The molecule has 1 aromatic rings. The molecule has 14 heavy (non-hydrogen) atoms. The highest BCUT2D eigenvalue weighted by Gasteiger charge is 2.05. The van der Waals surface area contributed by atoms with Crippen LogP contribution in [0, 0.1) is 0 Å². The minimum absolute atomic E-state index is 0.508. The van der Waals surface area contributed by atoms with Crippen molar-refractivity contribution in [3.63, 3.8) is 0 Å². The molecule has 0 aliphatic heterocycles. The lowest BCUT2D eigenvalue weighted by Gasteiger charge is -2.04. The van der Waals surface area contributed by atoms with E-state index in [2.05, 4.69) is 9.50 Å². The Morgan fingerprint density at radius 1 is 1.50 bits per heavy atom. The topological polar surface area (TPSA) is 75.6 Å². The third kappa shape index (κ3) is 2.98. The number of carboxylic acid groups (broad SMARTS) is 1. The Balaban J connectivity index is 2.73. The van der Waals surface area contributed by atoms with E-state index in [0.717, 1.165) is 0 Å². The lowest BCUT2D eigenvalue weighted by atomic mass is 10.3. The molecule has 0 spiro atoms. The highest BCUT2D eigenvalue weighted by molar-refractivity contribution is 7.95. The lowest BCUT2D eigenvalue weighted by Crippen LogP contribution is -1.97. The van der Waals surface area contributed by atoms with Crippen LogP contribution in [0.4, 0.5) is 10.5 Å². The Morgan fingerprint density at radius 2 is 2.21 bits per heavy atom. The molecule has 1 amide bonds. The summed E-state index contributed by atoms with van der Waals surface area (Å²) < 4.78 is 4.29. The largest absolute Gasteiger partial charge is 0.518 e. The van der Waals surface area contributed by atoms with Gasteiger partial charge in [0.1, 0.15) is 12.0 Å². The van der Waals surface area contributed by atoms with E-state index in [9.17, 15) is 9.59 Å². The van der Waals surface area contributed by atoms with Crippen molar-refractivity contribution in [2.24, 2.45) is 0 Å². The molecule has 74 valence electrons. The SMILES string of the molecule is O=CNc1ccccc1SOC(=O)O. The number of nitrogens with one attached hydrogen (secondary N) is 1. The molecule has 0 fully saturated rings. The van der Waals surface area contributed by atoms with Crippen molar-refractivity contribution in [2.75, 3.05) is 5.32 Å². The predicted octanol–water partition coefficient (Wildman–Crippen LogP) is 1.96. The minimum atomic E-state index is -1.38. The van der Waals surface area contributed by atoms with Crippen LogP contribution in [0.1, 0.15) is 0 Å². The molecule has 1 aromatic carbocycles. The van der Waals surface area contributed by atoms with Gasteiger partial charge in [-0.15, -0.1) is 0 Å². The number of amides is 1. The normalized spacial score (nSPS) is 9.14. The van der Waals surface area contributed by atoms with E-state index in [0.29, 0.717) is 29.0 Å². The second-order valence-corrected chi connectivity index (χ2v) is 2.96. The van der Waals surface area contributed by atoms with Crippen LogP contribution in [0.25, 0.3) is 0 Å². The fourth-order valence-electron chi connectivity index (χ4n) is 0.803. The standard InChI is InChI=1S/C8H7NO4S/c10-5-9-6-3-1-2-4-7(6)14-13-8(11)12/h1-5H,(H,9,10)(H,11,12). The van der Waals surface area contributed by atoms with Gasteiger partial charge in [0.15, 0.2) is 0 Å². The molecule has 5 nitrogen and oxygen atoms in total. The molecule has 1 rings (SSSR count). The van der Waals surface area contributed by atoms with E-state index in [1.54, 1.807) is 24.3 Å². The number of anilines is 1. The lowest BCUT2D eigenvalue weighted by molar-refractivity contribution is -0.105. The molecule has 0 bridgehead atoms. The maximum Gasteiger partial charge on any atom is 0.518 e. The molecule has 0 aliphatic rings. The second kappa shape index (κ2) is 5.13. The minimum Gasteiger partial charge on any atom is -0.449 e. The number of para-hydroxylation sites is 1. The highest BCUT2D eigenvalue weighted by Crippen LogP contribution is 2.27. The van der Waals surface area contributed by atoms with E-state index in [4.69, 9.17) is 5.11 Å². The fourth-order valence-corrected chi connectivity index (χ4v) is 1.31. The number of carbonyl (C=O) groups excluding carboxylic acids is 1. The van der Waals surface area contributed by atoms with Crippen molar-refractivity contribution in [2.45, 2.75) is 4.90 Å². The Bertz CT molecular complexity index is 342. The first-order valence-electron chi connectivity index (χ1n) is 3.60. The van der Waals surface area contributed by atoms with Gasteiger partial charge in [0.2, 0.25) is 6.41 Å². The van der Waals surface area contributed by atoms with Gasteiger partial charge in [-0.1, -0.05) is 12.1 Å². The first kappa shape index (κ1) is 10.4. The first-order valence-corrected chi connectivity index (χ1v) is 4.35. The van der Waals surface area contributed by atoms with Crippen LogP contribution in [0.2, 0.25) is 0 Å². The van der Waals surface area contributed by atoms with Crippen LogP contribution in [-0.2, 0) is 8.98 Å². The maximum atomic E-state index is 10.2. The third-order valence-corrected chi connectivity index (χ3v) is 2.07. The summed E-state index contributed by atoms with van der Waals surface area (Å²) in [7, 11) is 0. The smallest absolute Gasteiger partial charge is 0.449 e. The van der Waals surface area contributed by atoms with Crippen molar-refractivity contribution in [1.82, 2.24) is 0 Å². The summed E-state index contributed by atoms with van der Waals surface area (Å²) in [5.41, 5.74) is 0.508. The zero-order valence-corrected chi connectivity index (χ0v) is 7.78. The van der Waals surface area contributed by atoms with Crippen LogP contribution in [0.3, 0.4) is 0 Å². The van der Waals surface area contributed by atoms with Crippen molar-refractivity contribution in [1.29, 1.82) is 0 Å². The molecule has 0 heterocycles. The maximum absolute atomic E-state index is 10.2. The molecule has 0 unspecified atom stereocenters. The molecule has 0 radical (unpaired) electrons. The van der Waals surface area contributed by atoms with Gasteiger partial charge < -0.3 is 14.6 Å². The van der Waals surface area contributed by atoms with Gasteiger partial charge >= 0.3 is 6.16 Å². The number of carbonyl (C=O) groups is 2. The molecule has 0 atom stereocenters. The summed E-state index contributed by atoms with van der Waals surface area (Å²) in [4.78, 5) is 20.8. The summed E-state index contributed by atoms with van der Waals surface area (Å²) in [5.74, 6) is 0. The van der Waals surface area contributed by atoms with E-state index < -0.39 is 6.16 Å². The van der Waals surface area contributed by atoms with Gasteiger partial charge in [-0.3, -0.25) is 4.79 Å². The van der Waals surface area contributed by atoms with Crippen LogP contribution in [-0.4, -0.2) is 17.7 Å². The zero-order chi connectivity index (χ0) is 10.4. The van der Waals surface area contributed by atoms with E-state index >= 15 is 0 Å². The van der Waals surface area contributed by atoms with Crippen molar-refractivity contribution in [3.05, 3.63) is 24.3 Å². The van der Waals surface area contributed by atoms with Crippen LogP contribution in [0.15, 0.2) is 29.2 Å². The van der Waals surface area contributed by atoms with Crippen molar-refractivity contribution in [3.8, 4) is 0 Å². The molecule has 0 saturated carbocycles. The summed E-state index contributed by atoms with van der Waals surface area (Å²) >= 11 is 0.674. The van der Waals surface area contributed by atoms with Crippen LogP contribution >= 0.6 is 12.0 Å². The number of rotatable bonds is 4. The monoisotopic (exact) mass is 213 g/mol.